The lowest BCUT2D eigenvalue weighted by molar-refractivity contribution is 0.619. The molecule has 156 valence electrons. The molecule has 5 aromatic rings. The van der Waals surface area contributed by atoms with Gasteiger partial charge in [0.05, 0.1) is 5.39 Å². The van der Waals surface area contributed by atoms with Crippen LogP contribution in [0.15, 0.2) is 100 Å². The van der Waals surface area contributed by atoms with Crippen molar-refractivity contribution in [3.8, 4) is 33.6 Å². The van der Waals surface area contributed by atoms with Gasteiger partial charge in [-0.1, -0.05) is 83.4 Å². The van der Waals surface area contributed by atoms with Crippen LogP contribution in [0.3, 0.4) is 0 Å². The summed E-state index contributed by atoms with van der Waals surface area (Å²) in [5.74, 6) is 0.558. The molecule has 0 atom stereocenters. The van der Waals surface area contributed by atoms with Gasteiger partial charge in [0.15, 0.2) is 5.43 Å². The molecule has 0 aliphatic carbocycles. The van der Waals surface area contributed by atoms with E-state index in [9.17, 15) is 4.79 Å². The summed E-state index contributed by atoms with van der Waals surface area (Å²) in [4.78, 5) is 13.3. The Morgan fingerprint density at radius 2 is 1.31 bits per heavy atom. The minimum absolute atomic E-state index is 0.0676. The maximum absolute atomic E-state index is 13.3. The fourth-order valence-corrected chi connectivity index (χ4v) is 4.33. The van der Waals surface area contributed by atoms with E-state index < -0.39 is 0 Å². The van der Waals surface area contributed by atoms with Crippen LogP contribution in [0.25, 0.3) is 44.5 Å². The first kappa shape index (κ1) is 20.3. The number of aryl methyl sites for hydroxylation is 2. The first-order valence-electron chi connectivity index (χ1n) is 10.5. The van der Waals surface area contributed by atoms with E-state index in [4.69, 9.17) is 16.0 Å². The highest BCUT2D eigenvalue weighted by molar-refractivity contribution is 6.30. The first-order valence-corrected chi connectivity index (χ1v) is 10.9. The van der Waals surface area contributed by atoms with Gasteiger partial charge in [-0.05, 0) is 60.4 Å². The summed E-state index contributed by atoms with van der Waals surface area (Å²) in [6.45, 7) is 4.18. The molecule has 0 radical (unpaired) electrons. The number of fused-ring (bicyclic) bond motifs is 1. The number of halogens is 1. The predicted octanol–water partition coefficient (Wildman–Crippen LogP) is 8.06. The number of hydrogen-bond acceptors (Lipinski definition) is 2. The second-order valence-electron chi connectivity index (χ2n) is 8.12. The predicted molar refractivity (Wildman–Crippen MR) is 133 cm³/mol. The molecule has 0 saturated carbocycles. The van der Waals surface area contributed by atoms with Gasteiger partial charge in [-0.25, -0.2) is 0 Å². The van der Waals surface area contributed by atoms with Crippen molar-refractivity contribution < 1.29 is 4.42 Å². The van der Waals surface area contributed by atoms with Crippen molar-refractivity contribution in [2.45, 2.75) is 13.8 Å². The monoisotopic (exact) mass is 436 g/mol. The second kappa shape index (κ2) is 8.14. The van der Waals surface area contributed by atoms with E-state index in [1.807, 2.05) is 60.7 Å². The van der Waals surface area contributed by atoms with Crippen molar-refractivity contribution in [3.05, 3.63) is 117 Å². The Kier molecular flexibility index (Phi) is 5.16. The average molecular weight is 437 g/mol. The molecule has 0 fully saturated rings. The minimum Gasteiger partial charge on any atom is -0.456 e. The molecule has 1 heterocycles. The van der Waals surface area contributed by atoms with Crippen LogP contribution in [0.1, 0.15) is 11.1 Å². The van der Waals surface area contributed by atoms with Crippen molar-refractivity contribution in [2.24, 2.45) is 0 Å². The van der Waals surface area contributed by atoms with Gasteiger partial charge >= 0.3 is 0 Å². The van der Waals surface area contributed by atoms with E-state index in [1.54, 1.807) is 6.07 Å². The molecule has 0 saturated heterocycles. The summed E-state index contributed by atoms with van der Waals surface area (Å²) in [6.07, 6.45) is 0. The zero-order valence-corrected chi connectivity index (χ0v) is 18.6. The molecule has 1 aromatic heterocycles. The van der Waals surface area contributed by atoms with Gasteiger partial charge < -0.3 is 4.42 Å². The standard InChI is InChI=1S/C29H21ClO2/c1-18-12-19(2)14-22(13-18)23-15-25(20-8-10-24(30)11-9-20)29-26(31)17-27(32-28(29)16-23)21-6-4-3-5-7-21/h3-17H,1-2H3. The van der Waals surface area contributed by atoms with Gasteiger partial charge in [0, 0.05) is 16.7 Å². The molecule has 32 heavy (non-hydrogen) atoms. The van der Waals surface area contributed by atoms with Crippen molar-refractivity contribution in [2.75, 3.05) is 0 Å². The van der Waals surface area contributed by atoms with Gasteiger partial charge in [0.1, 0.15) is 11.3 Å². The van der Waals surface area contributed by atoms with E-state index in [-0.39, 0.29) is 5.43 Å². The zero-order valence-electron chi connectivity index (χ0n) is 17.9. The van der Waals surface area contributed by atoms with Crippen molar-refractivity contribution in [3.63, 3.8) is 0 Å². The summed E-state index contributed by atoms with van der Waals surface area (Å²) in [5.41, 5.74) is 7.60. The van der Waals surface area contributed by atoms with Crippen LogP contribution in [-0.2, 0) is 0 Å². The largest absolute Gasteiger partial charge is 0.456 e. The fourth-order valence-electron chi connectivity index (χ4n) is 4.20. The maximum Gasteiger partial charge on any atom is 0.193 e. The molecule has 0 spiro atoms. The van der Waals surface area contributed by atoms with Gasteiger partial charge in [0.2, 0.25) is 0 Å². The van der Waals surface area contributed by atoms with E-state index in [0.717, 1.165) is 27.8 Å². The molecule has 0 aliphatic heterocycles. The summed E-state index contributed by atoms with van der Waals surface area (Å²) in [7, 11) is 0. The molecule has 0 bridgehead atoms. The Morgan fingerprint density at radius 1 is 0.656 bits per heavy atom. The van der Waals surface area contributed by atoms with Crippen LogP contribution < -0.4 is 5.43 Å². The zero-order chi connectivity index (χ0) is 22.2. The van der Waals surface area contributed by atoms with Crippen molar-refractivity contribution in [1.29, 1.82) is 0 Å². The maximum atomic E-state index is 13.3. The molecule has 0 N–H and O–H groups in total. The van der Waals surface area contributed by atoms with Gasteiger partial charge in [-0.2, -0.15) is 0 Å². The Labute approximate surface area is 191 Å². The third-order valence-electron chi connectivity index (χ3n) is 5.60. The van der Waals surface area contributed by atoms with E-state index in [0.29, 0.717) is 21.8 Å². The summed E-state index contributed by atoms with van der Waals surface area (Å²) < 4.78 is 6.31. The van der Waals surface area contributed by atoms with E-state index >= 15 is 0 Å². The SMILES string of the molecule is Cc1cc(C)cc(-c2cc(-c3ccc(Cl)cc3)c3c(=O)cc(-c4ccccc4)oc3c2)c1. The molecular formula is C29H21ClO2. The topological polar surface area (TPSA) is 30.2 Å². The Hall–Kier alpha value is -3.62. The highest BCUT2D eigenvalue weighted by Gasteiger charge is 2.15. The van der Waals surface area contributed by atoms with Crippen LogP contribution in [0.2, 0.25) is 5.02 Å². The Bertz CT molecular complexity index is 1480. The van der Waals surface area contributed by atoms with Gasteiger partial charge in [0.25, 0.3) is 0 Å². The smallest absolute Gasteiger partial charge is 0.193 e. The lowest BCUT2D eigenvalue weighted by Crippen LogP contribution is -2.03. The second-order valence-corrected chi connectivity index (χ2v) is 8.56. The van der Waals surface area contributed by atoms with Crippen LogP contribution >= 0.6 is 11.6 Å². The third kappa shape index (κ3) is 3.86. The molecule has 0 aliphatic rings. The fraction of sp³-hybridized carbons (Fsp3) is 0.0690. The molecule has 4 aromatic carbocycles. The van der Waals surface area contributed by atoms with Crippen molar-refractivity contribution >= 4 is 22.6 Å². The lowest BCUT2D eigenvalue weighted by Gasteiger charge is -2.13. The normalized spacial score (nSPS) is 11.1. The van der Waals surface area contributed by atoms with E-state index in [2.05, 4.69) is 38.1 Å². The molecular weight excluding hydrogens is 416 g/mol. The quantitative estimate of drug-likeness (QED) is 0.286. The Morgan fingerprint density at radius 3 is 2.00 bits per heavy atom. The highest BCUT2D eigenvalue weighted by atomic mass is 35.5. The van der Waals surface area contributed by atoms with Crippen LogP contribution in [-0.4, -0.2) is 0 Å². The van der Waals surface area contributed by atoms with Crippen LogP contribution in [0.5, 0.6) is 0 Å². The molecule has 0 amide bonds. The molecule has 0 unspecified atom stereocenters. The number of benzene rings is 4. The van der Waals surface area contributed by atoms with Gasteiger partial charge in [-0.3, -0.25) is 4.79 Å². The summed E-state index contributed by atoms with van der Waals surface area (Å²) >= 11 is 6.12. The van der Waals surface area contributed by atoms with Gasteiger partial charge in [-0.15, -0.1) is 0 Å². The highest BCUT2D eigenvalue weighted by Crippen LogP contribution is 2.35. The minimum atomic E-state index is -0.0676. The molecule has 3 heteroatoms. The number of hydrogen-bond donors (Lipinski definition) is 0. The molecule has 2 nitrogen and oxygen atoms in total. The lowest BCUT2D eigenvalue weighted by atomic mass is 9.93. The van der Waals surface area contributed by atoms with Crippen molar-refractivity contribution in [1.82, 2.24) is 0 Å². The molecule has 5 rings (SSSR count). The first-order chi connectivity index (χ1) is 15.5. The number of rotatable bonds is 3. The van der Waals surface area contributed by atoms with Crippen LogP contribution in [0.4, 0.5) is 0 Å². The third-order valence-corrected chi connectivity index (χ3v) is 5.85. The Balaban J connectivity index is 1.83. The van der Waals surface area contributed by atoms with Crippen LogP contribution in [0, 0.1) is 13.8 Å². The average Bonchev–Trinajstić information content (AvgIpc) is 2.78. The van der Waals surface area contributed by atoms with E-state index in [1.165, 1.54) is 11.1 Å². The summed E-state index contributed by atoms with van der Waals surface area (Å²) in [5, 5.41) is 1.22. The summed E-state index contributed by atoms with van der Waals surface area (Å²) in [6, 6.07) is 29.3.